The van der Waals surface area contributed by atoms with Crippen LogP contribution in [0, 0.1) is 17.1 Å². The Morgan fingerprint density at radius 2 is 2.06 bits per heavy atom. The van der Waals surface area contributed by atoms with Crippen LogP contribution in [0.5, 0.6) is 0 Å². The van der Waals surface area contributed by atoms with Crippen LogP contribution in [0.1, 0.15) is 16.7 Å². The Hall–Kier alpha value is -3.25. The van der Waals surface area contributed by atoms with Crippen molar-refractivity contribution in [1.82, 2.24) is 10.6 Å². The van der Waals surface area contributed by atoms with E-state index in [9.17, 15) is 14.3 Å². The molecule has 2 heterocycles. The Morgan fingerprint density at radius 1 is 1.25 bits per heavy atom. The van der Waals surface area contributed by atoms with Crippen LogP contribution in [0.4, 0.5) is 9.18 Å². The van der Waals surface area contributed by atoms with Crippen molar-refractivity contribution in [3.05, 3.63) is 82.5 Å². The number of amides is 1. The number of rotatable bonds is 6. The third-order valence-electron chi connectivity index (χ3n) is 5.36. The summed E-state index contributed by atoms with van der Waals surface area (Å²) in [6, 6.07) is 17.7. The maximum absolute atomic E-state index is 13.3. The number of hydrogen-bond donors (Lipinski definition) is 3. The van der Waals surface area contributed by atoms with E-state index in [4.69, 9.17) is 10.00 Å². The number of carbonyl (C=O) groups excluding carboxylic acids is 1. The van der Waals surface area contributed by atoms with Gasteiger partial charge in [0.05, 0.1) is 11.6 Å². The van der Waals surface area contributed by atoms with Crippen LogP contribution in [0.25, 0.3) is 10.4 Å². The van der Waals surface area contributed by atoms with Crippen LogP contribution >= 0.6 is 11.3 Å². The monoisotopic (exact) mass is 451 g/mol. The molecule has 8 heteroatoms. The highest BCUT2D eigenvalue weighted by Gasteiger charge is 2.37. The average molecular weight is 452 g/mol. The molecule has 1 fully saturated rings. The Kier molecular flexibility index (Phi) is 6.81. The molecule has 1 aromatic heterocycles. The van der Waals surface area contributed by atoms with Crippen LogP contribution in [0.2, 0.25) is 0 Å². The summed E-state index contributed by atoms with van der Waals surface area (Å²) in [5.41, 5.74) is 3.33. The number of alkyl carbamates (subject to hydrolysis) is 1. The molecule has 1 amide bonds. The van der Waals surface area contributed by atoms with E-state index in [1.165, 1.54) is 23.5 Å². The molecule has 0 aliphatic carbocycles. The van der Waals surface area contributed by atoms with Crippen molar-refractivity contribution in [2.45, 2.75) is 31.2 Å². The molecular formula is C24H22FN3O3S. The number of aliphatic hydroxyl groups excluding tert-OH is 1. The molecule has 3 N–H and O–H groups in total. The van der Waals surface area contributed by atoms with Gasteiger partial charge in [-0.1, -0.05) is 36.4 Å². The van der Waals surface area contributed by atoms with Gasteiger partial charge < -0.3 is 20.5 Å². The van der Waals surface area contributed by atoms with Gasteiger partial charge in [-0.2, -0.15) is 5.26 Å². The summed E-state index contributed by atoms with van der Waals surface area (Å²) in [7, 11) is 0. The van der Waals surface area contributed by atoms with Gasteiger partial charge in [-0.15, -0.1) is 11.3 Å². The summed E-state index contributed by atoms with van der Waals surface area (Å²) >= 11 is 1.52. The number of nitrogens with zero attached hydrogens (tertiary/aromatic N) is 1. The first-order valence-electron chi connectivity index (χ1n) is 10.2. The lowest BCUT2D eigenvalue weighted by Gasteiger charge is -2.22. The largest absolute Gasteiger partial charge is 0.442 e. The molecule has 3 atom stereocenters. The summed E-state index contributed by atoms with van der Waals surface area (Å²) < 4.78 is 18.8. The number of nitriles is 1. The summed E-state index contributed by atoms with van der Waals surface area (Å²) in [6.07, 6.45) is -1.59. The van der Waals surface area contributed by atoms with Crippen molar-refractivity contribution in [3.63, 3.8) is 0 Å². The average Bonchev–Trinajstić information content (AvgIpc) is 3.41. The van der Waals surface area contributed by atoms with Gasteiger partial charge >= 0.3 is 6.09 Å². The molecule has 6 nitrogen and oxygen atoms in total. The molecule has 0 spiro atoms. The Balaban J connectivity index is 1.34. The summed E-state index contributed by atoms with van der Waals surface area (Å²) in [6.45, 7) is 0.464. The van der Waals surface area contributed by atoms with E-state index < -0.39 is 18.3 Å². The van der Waals surface area contributed by atoms with Crippen LogP contribution < -0.4 is 10.6 Å². The molecule has 1 unspecified atom stereocenters. The number of β-amino-alcohol motifs (C(OH)–C–C–N with tert-alkyl or cyclic N) is 1. The van der Waals surface area contributed by atoms with Gasteiger partial charge in [-0.25, -0.2) is 9.18 Å². The van der Waals surface area contributed by atoms with E-state index in [2.05, 4.69) is 16.7 Å². The van der Waals surface area contributed by atoms with E-state index in [1.54, 1.807) is 12.1 Å². The first-order valence-corrected chi connectivity index (χ1v) is 11.1. The second kappa shape index (κ2) is 9.92. The lowest BCUT2D eigenvalue weighted by atomic mass is 10.00. The number of carbonyl (C=O) groups is 1. The zero-order chi connectivity index (χ0) is 22.5. The number of ether oxygens (including phenoxy) is 1. The van der Waals surface area contributed by atoms with Gasteiger partial charge in [0.2, 0.25) is 0 Å². The third-order valence-corrected chi connectivity index (χ3v) is 6.34. The van der Waals surface area contributed by atoms with Gasteiger partial charge in [-0.3, -0.25) is 0 Å². The van der Waals surface area contributed by atoms with Crippen LogP contribution in [0.3, 0.4) is 0 Å². The Bertz CT molecular complexity index is 1130. The minimum Gasteiger partial charge on any atom is -0.442 e. The van der Waals surface area contributed by atoms with E-state index in [1.807, 2.05) is 35.7 Å². The van der Waals surface area contributed by atoms with Crippen molar-refractivity contribution in [2.75, 3.05) is 6.54 Å². The summed E-state index contributed by atoms with van der Waals surface area (Å²) in [4.78, 5) is 13.3. The summed E-state index contributed by atoms with van der Waals surface area (Å²) in [5.74, 6) is -0.372. The molecule has 1 aliphatic heterocycles. The van der Waals surface area contributed by atoms with E-state index in [0.29, 0.717) is 24.1 Å². The van der Waals surface area contributed by atoms with E-state index in [0.717, 1.165) is 16.0 Å². The predicted molar refractivity (Wildman–Crippen MR) is 119 cm³/mol. The van der Waals surface area contributed by atoms with E-state index in [-0.39, 0.29) is 18.4 Å². The lowest BCUT2D eigenvalue weighted by molar-refractivity contribution is 0.0188. The fraction of sp³-hybridized carbons (Fsp3) is 0.250. The highest BCUT2D eigenvalue weighted by Crippen LogP contribution is 2.28. The molecule has 1 aliphatic rings. The molecular weight excluding hydrogens is 429 g/mol. The number of thiophene rings is 1. The quantitative estimate of drug-likeness (QED) is 0.532. The molecule has 0 saturated carbocycles. The minimum atomic E-state index is -0.810. The van der Waals surface area contributed by atoms with Gasteiger partial charge in [0.1, 0.15) is 24.1 Å². The fourth-order valence-corrected chi connectivity index (χ4v) is 4.56. The number of hydrogen-bond acceptors (Lipinski definition) is 6. The SMILES string of the molecule is N#Cc1csc(-c2ccc(CC3NC[C@H](O)[C@H]3OC(=O)NCc3cccc(F)c3)cc2)c1. The number of nitrogens with one attached hydrogen (secondary N) is 2. The van der Waals surface area contributed by atoms with Crippen molar-refractivity contribution in [1.29, 1.82) is 5.26 Å². The summed E-state index contributed by atoms with van der Waals surface area (Å²) in [5, 5.41) is 26.9. The molecule has 0 bridgehead atoms. The molecule has 1 saturated heterocycles. The second-order valence-corrected chi connectivity index (χ2v) is 8.56. The zero-order valence-corrected chi connectivity index (χ0v) is 17.9. The standard InChI is InChI=1S/C24H22FN3O3S/c25-19-3-1-2-16(8-19)12-28-24(30)31-23-20(27-13-21(23)29)9-15-4-6-18(7-5-15)22-10-17(11-26)14-32-22/h1-8,10,14,20-21,23,27,29H,9,12-13H2,(H,28,30)/t20?,21-,23-/m0/s1. The molecule has 0 radical (unpaired) electrons. The van der Waals surface area contributed by atoms with Gasteiger partial charge in [0.15, 0.2) is 0 Å². The van der Waals surface area contributed by atoms with Crippen LogP contribution in [-0.2, 0) is 17.7 Å². The predicted octanol–water partition coefficient (Wildman–Crippen LogP) is 3.60. The number of aliphatic hydroxyl groups is 1. The molecule has 32 heavy (non-hydrogen) atoms. The van der Waals surface area contributed by atoms with Crippen molar-refractivity contribution >= 4 is 17.4 Å². The lowest BCUT2D eigenvalue weighted by Crippen LogP contribution is -2.41. The topological polar surface area (TPSA) is 94.4 Å². The third kappa shape index (κ3) is 5.32. The zero-order valence-electron chi connectivity index (χ0n) is 17.1. The van der Waals surface area contributed by atoms with E-state index >= 15 is 0 Å². The smallest absolute Gasteiger partial charge is 0.407 e. The first-order chi connectivity index (χ1) is 15.5. The highest BCUT2D eigenvalue weighted by molar-refractivity contribution is 7.13. The fourth-order valence-electron chi connectivity index (χ4n) is 3.71. The van der Waals surface area contributed by atoms with Crippen molar-refractivity contribution < 1.29 is 19.0 Å². The van der Waals surface area contributed by atoms with Crippen LogP contribution in [0.15, 0.2) is 60.0 Å². The van der Waals surface area contributed by atoms with Gasteiger partial charge in [-0.05, 0) is 41.3 Å². The van der Waals surface area contributed by atoms with Crippen molar-refractivity contribution in [2.24, 2.45) is 0 Å². The molecule has 4 rings (SSSR count). The highest BCUT2D eigenvalue weighted by atomic mass is 32.1. The van der Waals surface area contributed by atoms with Crippen LogP contribution in [-0.4, -0.2) is 36.0 Å². The maximum atomic E-state index is 13.3. The van der Waals surface area contributed by atoms with Gasteiger partial charge in [0, 0.05) is 23.3 Å². The Morgan fingerprint density at radius 3 is 2.78 bits per heavy atom. The minimum absolute atomic E-state index is 0.134. The van der Waals surface area contributed by atoms with Gasteiger partial charge in [0.25, 0.3) is 0 Å². The first kappa shape index (κ1) is 22.0. The molecule has 3 aromatic rings. The normalized spacial score (nSPS) is 20.0. The number of halogens is 1. The van der Waals surface area contributed by atoms with Crippen molar-refractivity contribution in [3.8, 4) is 16.5 Å². The number of benzene rings is 2. The maximum Gasteiger partial charge on any atom is 0.407 e. The Labute approximate surface area is 189 Å². The second-order valence-electron chi connectivity index (χ2n) is 7.65. The molecule has 2 aromatic carbocycles. The molecule has 164 valence electrons.